The monoisotopic (exact) mass is 452 g/mol. The standard InChI is InChI=1S/C24H28N4O5/c1-14(2)13-33-22(30)9-8-21(23(25)31)28-12-17-10-16(4-6-19(17)24(28)32)20-7-5-18(11-26-20)27-15(3)29/h4-7,10-11,14,21H,8-9,12-13H2,1-3H3,(H2,25,31)(H,27,29). The highest BCUT2D eigenvalue weighted by Crippen LogP contribution is 2.30. The summed E-state index contributed by atoms with van der Waals surface area (Å²) in [5.74, 6) is -1.36. The van der Waals surface area contributed by atoms with Crippen LogP contribution >= 0.6 is 0 Å². The van der Waals surface area contributed by atoms with Crippen molar-refractivity contribution < 1.29 is 23.9 Å². The van der Waals surface area contributed by atoms with Gasteiger partial charge in [0.15, 0.2) is 0 Å². The van der Waals surface area contributed by atoms with E-state index in [9.17, 15) is 19.2 Å². The molecule has 1 atom stereocenters. The molecule has 9 nitrogen and oxygen atoms in total. The minimum Gasteiger partial charge on any atom is -0.465 e. The fraction of sp³-hybridized carbons (Fsp3) is 0.375. The van der Waals surface area contributed by atoms with E-state index in [2.05, 4.69) is 10.3 Å². The summed E-state index contributed by atoms with van der Waals surface area (Å²) >= 11 is 0. The minimum absolute atomic E-state index is 0.00370. The SMILES string of the molecule is CC(=O)Nc1ccc(-c2ccc3c(c2)CN(C(CCC(=O)OCC(C)C)C(N)=O)C3=O)nc1. The molecule has 0 spiro atoms. The molecule has 3 N–H and O–H groups in total. The van der Waals surface area contributed by atoms with Gasteiger partial charge in [-0.25, -0.2) is 0 Å². The molecule has 33 heavy (non-hydrogen) atoms. The number of rotatable bonds is 9. The summed E-state index contributed by atoms with van der Waals surface area (Å²) in [6.45, 7) is 5.80. The van der Waals surface area contributed by atoms with Crippen LogP contribution < -0.4 is 11.1 Å². The van der Waals surface area contributed by atoms with Crippen LogP contribution in [0.1, 0.15) is 49.5 Å². The number of pyridine rings is 1. The van der Waals surface area contributed by atoms with Crippen molar-refractivity contribution >= 4 is 29.4 Å². The number of hydrogen-bond donors (Lipinski definition) is 2. The van der Waals surface area contributed by atoms with Gasteiger partial charge in [-0.1, -0.05) is 19.9 Å². The molecule has 0 aliphatic carbocycles. The van der Waals surface area contributed by atoms with Gasteiger partial charge in [-0.15, -0.1) is 0 Å². The van der Waals surface area contributed by atoms with Crippen LogP contribution in [0.25, 0.3) is 11.3 Å². The largest absolute Gasteiger partial charge is 0.465 e. The average molecular weight is 453 g/mol. The predicted molar refractivity (Wildman–Crippen MR) is 122 cm³/mol. The quantitative estimate of drug-likeness (QED) is 0.562. The summed E-state index contributed by atoms with van der Waals surface area (Å²) in [6, 6.07) is 7.94. The van der Waals surface area contributed by atoms with Gasteiger partial charge in [0, 0.05) is 31.0 Å². The van der Waals surface area contributed by atoms with E-state index in [1.54, 1.807) is 30.5 Å². The number of esters is 1. The third kappa shape index (κ3) is 5.94. The molecule has 1 aliphatic rings. The van der Waals surface area contributed by atoms with Crippen LogP contribution in [0.3, 0.4) is 0 Å². The number of anilines is 1. The smallest absolute Gasteiger partial charge is 0.305 e. The third-order valence-corrected chi connectivity index (χ3v) is 5.22. The molecule has 1 aromatic carbocycles. The lowest BCUT2D eigenvalue weighted by Crippen LogP contribution is -2.45. The van der Waals surface area contributed by atoms with Crippen LogP contribution in [0.2, 0.25) is 0 Å². The molecule has 1 aromatic heterocycles. The van der Waals surface area contributed by atoms with E-state index in [0.717, 1.165) is 11.1 Å². The van der Waals surface area contributed by atoms with Crippen LogP contribution in [0, 0.1) is 5.92 Å². The maximum atomic E-state index is 12.9. The summed E-state index contributed by atoms with van der Waals surface area (Å²) in [5, 5.41) is 2.66. The fourth-order valence-electron chi connectivity index (χ4n) is 3.63. The summed E-state index contributed by atoms with van der Waals surface area (Å²) in [6.07, 6.45) is 1.66. The van der Waals surface area contributed by atoms with Crippen LogP contribution in [0.5, 0.6) is 0 Å². The van der Waals surface area contributed by atoms with E-state index < -0.39 is 17.9 Å². The second-order valence-corrected chi connectivity index (χ2v) is 8.45. The maximum Gasteiger partial charge on any atom is 0.305 e. The highest BCUT2D eigenvalue weighted by molar-refractivity contribution is 6.01. The highest BCUT2D eigenvalue weighted by Gasteiger charge is 2.35. The Bertz CT molecular complexity index is 1070. The Labute approximate surface area is 192 Å². The summed E-state index contributed by atoms with van der Waals surface area (Å²) in [7, 11) is 0. The Hall–Kier alpha value is -3.75. The Morgan fingerprint density at radius 2 is 1.97 bits per heavy atom. The number of fused-ring (bicyclic) bond motifs is 1. The van der Waals surface area contributed by atoms with Crippen LogP contribution in [-0.2, 0) is 25.7 Å². The summed E-state index contributed by atoms with van der Waals surface area (Å²) in [4.78, 5) is 53.9. The third-order valence-electron chi connectivity index (χ3n) is 5.22. The van der Waals surface area contributed by atoms with Crippen LogP contribution in [-0.4, -0.2) is 46.2 Å². The topological polar surface area (TPSA) is 132 Å². The lowest BCUT2D eigenvalue weighted by molar-refractivity contribution is -0.145. The van der Waals surface area contributed by atoms with Gasteiger partial charge in [0.05, 0.1) is 24.2 Å². The van der Waals surface area contributed by atoms with Crippen LogP contribution in [0.4, 0.5) is 5.69 Å². The van der Waals surface area contributed by atoms with Crippen LogP contribution in [0.15, 0.2) is 36.5 Å². The molecular weight excluding hydrogens is 424 g/mol. The molecular formula is C24H28N4O5. The Kier molecular flexibility index (Phi) is 7.42. The summed E-state index contributed by atoms with van der Waals surface area (Å²) < 4.78 is 5.15. The number of amides is 3. The normalized spacial score (nSPS) is 13.6. The molecule has 2 heterocycles. The van der Waals surface area contributed by atoms with Crippen molar-refractivity contribution in [3.05, 3.63) is 47.7 Å². The number of hydrogen-bond acceptors (Lipinski definition) is 6. The van der Waals surface area contributed by atoms with Crippen molar-refractivity contribution in [2.24, 2.45) is 11.7 Å². The number of aromatic nitrogens is 1. The van der Waals surface area contributed by atoms with Crippen molar-refractivity contribution in [2.45, 2.75) is 46.2 Å². The molecule has 0 saturated carbocycles. The second kappa shape index (κ2) is 10.2. The number of benzene rings is 1. The van der Waals surface area contributed by atoms with Gasteiger partial charge in [0.25, 0.3) is 5.91 Å². The molecule has 0 bridgehead atoms. The van der Waals surface area contributed by atoms with Gasteiger partial charge in [0.1, 0.15) is 6.04 Å². The van der Waals surface area contributed by atoms with E-state index in [1.807, 2.05) is 19.9 Å². The average Bonchev–Trinajstić information content (AvgIpc) is 3.08. The van der Waals surface area contributed by atoms with Gasteiger partial charge >= 0.3 is 5.97 Å². The molecule has 0 fully saturated rings. The Balaban J connectivity index is 1.72. The van der Waals surface area contributed by atoms with Gasteiger partial charge in [-0.2, -0.15) is 0 Å². The number of ether oxygens (including phenoxy) is 1. The zero-order chi connectivity index (χ0) is 24.1. The second-order valence-electron chi connectivity index (χ2n) is 8.45. The van der Waals surface area contributed by atoms with Gasteiger partial charge < -0.3 is 20.7 Å². The van der Waals surface area contributed by atoms with Crippen molar-refractivity contribution in [1.82, 2.24) is 9.88 Å². The van der Waals surface area contributed by atoms with Crippen molar-refractivity contribution in [1.29, 1.82) is 0 Å². The molecule has 2 aromatic rings. The van der Waals surface area contributed by atoms with E-state index in [1.165, 1.54) is 11.8 Å². The Morgan fingerprint density at radius 3 is 2.58 bits per heavy atom. The van der Waals surface area contributed by atoms with Gasteiger partial charge in [0.2, 0.25) is 11.8 Å². The number of nitrogens with one attached hydrogen (secondary N) is 1. The van der Waals surface area contributed by atoms with Crippen molar-refractivity contribution in [3.63, 3.8) is 0 Å². The van der Waals surface area contributed by atoms with Crippen molar-refractivity contribution in [3.8, 4) is 11.3 Å². The first-order chi connectivity index (χ1) is 15.7. The minimum atomic E-state index is -0.907. The first-order valence-corrected chi connectivity index (χ1v) is 10.8. The highest BCUT2D eigenvalue weighted by atomic mass is 16.5. The van der Waals surface area contributed by atoms with E-state index in [0.29, 0.717) is 23.6 Å². The molecule has 0 saturated heterocycles. The summed E-state index contributed by atoms with van der Waals surface area (Å²) in [5.41, 5.74) is 8.87. The van der Waals surface area contributed by atoms with E-state index in [4.69, 9.17) is 10.5 Å². The van der Waals surface area contributed by atoms with Crippen molar-refractivity contribution in [2.75, 3.05) is 11.9 Å². The molecule has 0 radical (unpaired) electrons. The lowest BCUT2D eigenvalue weighted by atomic mass is 10.0. The number of nitrogens with two attached hydrogens (primary N) is 1. The molecule has 1 unspecified atom stereocenters. The lowest BCUT2D eigenvalue weighted by Gasteiger charge is -2.24. The molecule has 1 aliphatic heterocycles. The van der Waals surface area contributed by atoms with E-state index in [-0.39, 0.29) is 37.1 Å². The molecule has 3 rings (SSSR count). The zero-order valence-corrected chi connectivity index (χ0v) is 19.0. The number of carbonyl (C=O) groups excluding carboxylic acids is 4. The Morgan fingerprint density at radius 1 is 1.21 bits per heavy atom. The molecule has 174 valence electrons. The first kappa shape index (κ1) is 23.9. The predicted octanol–water partition coefficient (Wildman–Crippen LogP) is 2.50. The van der Waals surface area contributed by atoms with Gasteiger partial charge in [-0.05, 0) is 42.2 Å². The van der Waals surface area contributed by atoms with Gasteiger partial charge in [-0.3, -0.25) is 24.2 Å². The number of primary amides is 1. The fourth-order valence-corrected chi connectivity index (χ4v) is 3.63. The number of carbonyl (C=O) groups is 4. The van der Waals surface area contributed by atoms with E-state index >= 15 is 0 Å². The first-order valence-electron chi connectivity index (χ1n) is 10.8. The number of nitrogens with zero attached hydrogens (tertiary/aromatic N) is 2. The zero-order valence-electron chi connectivity index (χ0n) is 19.0. The maximum absolute atomic E-state index is 12.9. The molecule has 3 amide bonds. The molecule has 9 heteroatoms.